The Hall–Kier alpha value is -2.60. The van der Waals surface area contributed by atoms with Crippen molar-refractivity contribution in [2.24, 2.45) is 0 Å². The van der Waals surface area contributed by atoms with Gasteiger partial charge in [0.15, 0.2) is 0 Å². The fourth-order valence-electron chi connectivity index (χ4n) is 2.94. The second kappa shape index (κ2) is 7.98. The van der Waals surface area contributed by atoms with Crippen LogP contribution >= 0.6 is 0 Å². The van der Waals surface area contributed by atoms with E-state index in [0.717, 1.165) is 37.3 Å². The lowest BCUT2D eigenvalue weighted by Gasteiger charge is -2.32. The summed E-state index contributed by atoms with van der Waals surface area (Å²) in [5, 5.41) is 15.3. The van der Waals surface area contributed by atoms with Gasteiger partial charge >= 0.3 is 0 Å². The van der Waals surface area contributed by atoms with Crippen LogP contribution in [0.3, 0.4) is 0 Å². The van der Waals surface area contributed by atoms with Gasteiger partial charge in [-0.1, -0.05) is 24.3 Å². The first kappa shape index (κ1) is 17.2. The van der Waals surface area contributed by atoms with Crippen molar-refractivity contribution in [2.45, 2.75) is 18.9 Å². The maximum Gasteiger partial charge on any atom is 0.243 e. The van der Waals surface area contributed by atoms with Gasteiger partial charge in [-0.2, -0.15) is 0 Å². The normalized spacial score (nSPS) is 15.0. The van der Waals surface area contributed by atoms with Gasteiger partial charge in [-0.3, -0.25) is 4.79 Å². The zero-order valence-electron chi connectivity index (χ0n) is 13.9. The average Bonchev–Trinajstić information content (AvgIpc) is 2.63. The minimum Gasteiger partial charge on any atom is -0.393 e. The lowest BCUT2D eigenvalue weighted by Crippen LogP contribution is -2.36. The van der Waals surface area contributed by atoms with Crippen molar-refractivity contribution >= 4 is 23.0 Å². The molecule has 3 rings (SSSR count). The number of nitrogens with zero attached hydrogens (tertiary/aromatic N) is 1. The van der Waals surface area contributed by atoms with E-state index in [2.05, 4.69) is 15.5 Å². The summed E-state index contributed by atoms with van der Waals surface area (Å²) in [7, 11) is 0. The Morgan fingerprint density at radius 2 is 1.72 bits per heavy atom. The Morgan fingerprint density at radius 3 is 2.44 bits per heavy atom. The van der Waals surface area contributed by atoms with Crippen molar-refractivity contribution in [1.29, 1.82) is 0 Å². The molecule has 3 N–H and O–H groups in total. The third kappa shape index (κ3) is 4.48. The largest absolute Gasteiger partial charge is 0.393 e. The zero-order valence-corrected chi connectivity index (χ0v) is 13.9. The number of anilines is 3. The van der Waals surface area contributed by atoms with Crippen LogP contribution in [-0.4, -0.2) is 36.8 Å². The van der Waals surface area contributed by atoms with Crippen LogP contribution in [0.15, 0.2) is 48.5 Å². The van der Waals surface area contributed by atoms with Crippen molar-refractivity contribution in [3.05, 3.63) is 54.3 Å². The molecule has 0 saturated carbocycles. The number of aliphatic hydroxyl groups is 1. The summed E-state index contributed by atoms with van der Waals surface area (Å²) in [6.45, 7) is 1.60. The molecule has 1 amide bonds. The van der Waals surface area contributed by atoms with Gasteiger partial charge in [0.2, 0.25) is 5.91 Å². The number of hydrogen-bond acceptors (Lipinski definition) is 4. The molecule has 1 saturated heterocycles. The standard InChI is InChI=1S/C19H22FN3O2/c20-15-5-1-2-6-16(15)22-19(25)13-21-17-7-3-4-8-18(17)23-11-9-14(24)10-12-23/h1-8,14,21,24H,9-13H2,(H,22,25). The van der Waals surface area contributed by atoms with Crippen LogP contribution < -0.4 is 15.5 Å². The van der Waals surface area contributed by atoms with Gasteiger partial charge in [0, 0.05) is 13.1 Å². The van der Waals surface area contributed by atoms with E-state index in [9.17, 15) is 14.3 Å². The molecule has 1 aliphatic heterocycles. The summed E-state index contributed by atoms with van der Waals surface area (Å²) in [6.07, 6.45) is 1.24. The molecule has 2 aromatic rings. The van der Waals surface area contributed by atoms with E-state index >= 15 is 0 Å². The number of halogens is 1. The highest BCUT2D eigenvalue weighted by Gasteiger charge is 2.19. The maximum atomic E-state index is 13.6. The molecule has 0 aromatic heterocycles. The fraction of sp³-hybridized carbons (Fsp3) is 0.316. The number of rotatable bonds is 5. The van der Waals surface area contributed by atoms with Gasteiger partial charge in [-0.25, -0.2) is 4.39 Å². The SMILES string of the molecule is O=C(CNc1ccccc1N1CCC(O)CC1)Nc1ccccc1F. The summed E-state index contributed by atoms with van der Waals surface area (Å²) >= 11 is 0. The van der Waals surface area contributed by atoms with E-state index in [4.69, 9.17) is 0 Å². The van der Waals surface area contributed by atoms with Gasteiger partial charge in [0.05, 0.1) is 29.7 Å². The molecule has 1 aliphatic rings. The number of carbonyl (C=O) groups excluding carboxylic acids is 1. The topological polar surface area (TPSA) is 64.6 Å². The minimum atomic E-state index is -0.455. The van der Waals surface area contributed by atoms with E-state index in [1.165, 1.54) is 12.1 Å². The zero-order chi connectivity index (χ0) is 17.6. The van der Waals surface area contributed by atoms with E-state index in [1.54, 1.807) is 12.1 Å². The molecule has 0 bridgehead atoms. The predicted molar refractivity (Wildman–Crippen MR) is 97.4 cm³/mol. The Labute approximate surface area is 146 Å². The number of benzene rings is 2. The van der Waals surface area contributed by atoms with Crippen molar-refractivity contribution in [1.82, 2.24) is 0 Å². The second-order valence-electron chi connectivity index (χ2n) is 6.12. The Morgan fingerprint density at radius 1 is 1.08 bits per heavy atom. The monoisotopic (exact) mass is 343 g/mol. The van der Waals surface area contributed by atoms with Crippen molar-refractivity contribution in [3.63, 3.8) is 0 Å². The Kier molecular flexibility index (Phi) is 5.50. The van der Waals surface area contributed by atoms with E-state index in [0.29, 0.717) is 0 Å². The average molecular weight is 343 g/mol. The molecule has 2 aromatic carbocycles. The smallest absolute Gasteiger partial charge is 0.243 e. The molecule has 0 unspecified atom stereocenters. The first-order chi connectivity index (χ1) is 12.1. The highest BCUT2D eigenvalue weighted by molar-refractivity contribution is 5.94. The molecule has 132 valence electrons. The van der Waals surface area contributed by atoms with Crippen LogP contribution in [0.5, 0.6) is 0 Å². The number of amides is 1. The van der Waals surface area contributed by atoms with Crippen LogP contribution in [0.25, 0.3) is 0 Å². The highest BCUT2D eigenvalue weighted by Crippen LogP contribution is 2.28. The molecule has 1 heterocycles. The van der Waals surface area contributed by atoms with Crippen LogP contribution in [0.1, 0.15) is 12.8 Å². The molecule has 6 heteroatoms. The second-order valence-corrected chi connectivity index (χ2v) is 6.12. The molecular formula is C19H22FN3O2. The maximum absolute atomic E-state index is 13.6. The number of hydrogen-bond donors (Lipinski definition) is 3. The predicted octanol–water partition coefficient (Wildman–Crippen LogP) is 2.84. The minimum absolute atomic E-state index is 0.0435. The summed E-state index contributed by atoms with van der Waals surface area (Å²) in [5.74, 6) is -0.767. The number of nitrogens with one attached hydrogen (secondary N) is 2. The molecule has 1 fully saturated rings. The van der Waals surface area contributed by atoms with Gasteiger partial charge < -0.3 is 20.6 Å². The van der Waals surface area contributed by atoms with Gasteiger partial charge in [0.25, 0.3) is 0 Å². The summed E-state index contributed by atoms with van der Waals surface area (Å²) in [4.78, 5) is 14.3. The van der Waals surface area contributed by atoms with Gasteiger partial charge in [-0.15, -0.1) is 0 Å². The molecule has 5 nitrogen and oxygen atoms in total. The summed E-state index contributed by atoms with van der Waals surface area (Å²) in [6, 6.07) is 13.8. The summed E-state index contributed by atoms with van der Waals surface area (Å²) in [5.41, 5.74) is 2.03. The summed E-state index contributed by atoms with van der Waals surface area (Å²) < 4.78 is 13.6. The molecule has 0 atom stereocenters. The fourth-order valence-corrected chi connectivity index (χ4v) is 2.94. The van der Waals surface area contributed by atoms with Crippen LogP contribution in [0.4, 0.5) is 21.5 Å². The van der Waals surface area contributed by atoms with E-state index in [1.807, 2.05) is 24.3 Å². The van der Waals surface area contributed by atoms with E-state index < -0.39 is 5.82 Å². The number of piperidine rings is 1. The van der Waals surface area contributed by atoms with Crippen molar-refractivity contribution in [3.8, 4) is 0 Å². The highest BCUT2D eigenvalue weighted by atomic mass is 19.1. The quantitative estimate of drug-likeness (QED) is 0.781. The molecule has 0 aliphatic carbocycles. The van der Waals surface area contributed by atoms with Crippen LogP contribution in [-0.2, 0) is 4.79 Å². The molecule has 0 radical (unpaired) electrons. The lowest BCUT2D eigenvalue weighted by atomic mass is 10.1. The number of aliphatic hydroxyl groups excluding tert-OH is 1. The first-order valence-electron chi connectivity index (χ1n) is 8.44. The Balaban J connectivity index is 1.61. The third-order valence-corrected chi connectivity index (χ3v) is 4.30. The van der Waals surface area contributed by atoms with Crippen LogP contribution in [0.2, 0.25) is 0 Å². The molecular weight excluding hydrogens is 321 g/mol. The van der Waals surface area contributed by atoms with Crippen molar-refractivity contribution < 1.29 is 14.3 Å². The van der Waals surface area contributed by atoms with Crippen LogP contribution in [0, 0.1) is 5.82 Å². The lowest BCUT2D eigenvalue weighted by molar-refractivity contribution is -0.114. The Bertz CT molecular complexity index is 730. The van der Waals surface area contributed by atoms with Gasteiger partial charge in [0.1, 0.15) is 5.82 Å². The van der Waals surface area contributed by atoms with Crippen molar-refractivity contribution in [2.75, 3.05) is 35.2 Å². The number of carbonyl (C=O) groups is 1. The third-order valence-electron chi connectivity index (χ3n) is 4.30. The molecule has 25 heavy (non-hydrogen) atoms. The first-order valence-corrected chi connectivity index (χ1v) is 8.44. The molecule has 0 spiro atoms. The van der Waals surface area contributed by atoms with E-state index in [-0.39, 0.29) is 24.2 Å². The number of para-hydroxylation sites is 3. The van der Waals surface area contributed by atoms with Gasteiger partial charge in [-0.05, 0) is 37.1 Å².